The molecule has 11 heteroatoms. The molecule has 4 rings (SSSR count). The second kappa shape index (κ2) is 8.48. The maximum Gasteiger partial charge on any atom is 0.272 e. The molecular formula is C20H18F2N6O3. The monoisotopic (exact) mass is 428 g/mol. The number of rotatable bonds is 5. The number of benzene rings is 1. The van der Waals surface area contributed by atoms with Crippen molar-refractivity contribution >= 4 is 23.2 Å². The molecular weight excluding hydrogens is 410 g/mol. The molecule has 1 aromatic carbocycles. The van der Waals surface area contributed by atoms with E-state index < -0.39 is 23.2 Å². The molecule has 0 radical (unpaired) electrons. The van der Waals surface area contributed by atoms with Crippen LogP contribution in [-0.4, -0.2) is 57.8 Å². The van der Waals surface area contributed by atoms with Crippen LogP contribution in [0.15, 0.2) is 42.7 Å². The fourth-order valence-corrected chi connectivity index (χ4v) is 3.15. The van der Waals surface area contributed by atoms with Gasteiger partial charge in [0.2, 0.25) is 0 Å². The standard InChI is InChI=1S/C20H18F2N6O3/c21-13-2-1-3-14(22)18(13)28-11-16(17(26-28)19(23)29)25-12-4-5-15(24-10-12)20(30)27-6-8-31-9-7-27/h1-5,10-11,25H,6-9H2,(H2,23,29). The predicted octanol–water partition coefficient (Wildman–Crippen LogP) is 1.86. The van der Waals surface area contributed by atoms with Crippen molar-refractivity contribution in [3.05, 3.63) is 65.7 Å². The minimum absolute atomic E-state index is 0.129. The second-order valence-corrected chi connectivity index (χ2v) is 6.73. The van der Waals surface area contributed by atoms with E-state index in [1.165, 1.54) is 24.5 Å². The predicted molar refractivity (Wildman–Crippen MR) is 106 cm³/mol. The highest BCUT2D eigenvalue weighted by Gasteiger charge is 2.21. The zero-order valence-electron chi connectivity index (χ0n) is 16.2. The Bertz CT molecular complexity index is 1110. The summed E-state index contributed by atoms with van der Waals surface area (Å²) in [5, 5.41) is 6.80. The number of pyridine rings is 1. The molecule has 1 fully saturated rings. The number of halogens is 2. The highest BCUT2D eigenvalue weighted by Crippen LogP contribution is 2.24. The van der Waals surface area contributed by atoms with Gasteiger partial charge in [0.25, 0.3) is 11.8 Å². The smallest absolute Gasteiger partial charge is 0.272 e. The lowest BCUT2D eigenvalue weighted by molar-refractivity contribution is 0.0299. The molecule has 1 aliphatic rings. The summed E-state index contributed by atoms with van der Waals surface area (Å²) in [6.07, 6.45) is 2.65. The van der Waals surface area contributed by atoms with E-state index >= 15 is 0 Å². The number of aromatic nitrogens is 3. The van der Waals surface area contributed by atoms with Gasteiger partial charge in [0.1, 0.15) is 11.4 Å². The third-order valence-electron chi connectivity index (χ3n) is 4.67. The van der Waals surface area contributed by atoms with Gasteiger partial charge in [0.15, 0.2) is 17.3 Å². The van der Waals surface area contributed by atoms with Crippen molar-refractivity contribution in [1.82, 2.24) is 19.7 Å². The summed E-state index contributed by atoms with van der Waals surface area (Å²) in [5.41, 5.74) is 5.52. The fraction of sp³-hybridized carbons (Fsp3) is 0.200. The molecule has 0 unspecified atom stereocenters. The lowest BCUT2D eigenvalue weighted by atomic mass is 10.2. The van der Waals surface area contributed by atoms with Gasteiger partial charge in [-0.25, -0.2) is 18.4 Å². The Morgan fingerprint density at radius 1 is 1.10 bits per heavy atom. The van der Waals surface area contributed by atoms with Gasteiger partial charge in [-0.15, -0.1) is 0 Å². The fourth-order valence-electron chi connectivity index (χ4n) is 3.15. The van der Waals surface area contributed by atoms with E-state index in [-0.39, 0.29) is 23.0 Å². The van der Waals surface area contributed by atoms with Crippen molar-refractivity contribution in [1.29, 1.82) is 0 Å². The third kappa shape index (κ3) is 4.21. The Morgan fingerprint density at radius 2 is 1.81 bits per heavy atom. The number of primary amides is 1. The maximum atomic E-state index is 14.1. The highest BCUT2D eigenvalue weighted by molar-refractivity contribution is 5.97. The third-order valence-corrected chi connectivity index (χ3v) is 4.67. The minimum atomic E-state index is -0.884. The Kier molecular flexibility index (Phi) is 5.58. The number of anilines is 2. The first kappa shape index (κ1) is 20.4. The largest absolute Gasteiger partial charge is 0.378 e. The number of ether oxygens (including phenoxy) is 1. The van der Waals surface area contributed by atoms with Crippen molar-refractivity contribution in [3.63, 3.8) is 0 Å². The van der Waals surface area contributed by atoms with Crippen LogP contribution >= 0.6 is 0 Å². The number of para-hydroxylation sites is 1. The van der Waals surface area contributed by atoms with Crippen molar-refractivity contribution in [2.45, 2.75) is 0 Å². The summed E-state index contributed by atoms with van der Waals surface area (Å²) in [6, 6.07) is 6.49. The molecule has 160 valence electrons. The molecule has 3 heterocycles. The van der Waals surface area contributed by atoms with E-state index in [1.807, 2.05) is 0 Å². The van der Waals surface area contributed by atoms with E-state index in [4.69, 9.17) is 10.5 Å². The second-order valence-electron chi connectivity index (χ2n) is 6.73. The van der Waals surface area contributed by atoms with Gasteiger partial charge >= 0.3 is 0 Å². The van der Waals surface area contributed by atoms with Crippen LogP contribution in [0.4, 0.5) is 20.2 Å². The molecule has 0 atom stereocenters. The highest BCUT2D eigenvalue weighted by atomic mass is 19.1. The topological polar surface area (TPSA) is 115 Å². The van der Waals surface area contributed by atoms with Crippen molar-refractivity contribution in [2.24, 2.45) is 5.73 Å². The SMILES string of the molecule is NC(=O)c1nn(-c2c(F)cccc2F)cc1Nc1ccc(C(=O)N2CCOCC2)nc1. The van der Waals surface area contributed by atoms with E-state index in [2.05, 4.69) is 15.4 Å². The normalized spacial score (nSPS) is 13.8. The average Bonchev–Trinajstić information content (AvgIpc) is 3.18. The van der Waals surface area contributed by atoms with Crippen LogP contribution < -0.4 is 11.1 Å². The van der Waals surface area contributed by atoms with E-state index in [0.29, 0.717) is 32.0 Å². The van der Waals surface area contributed by atoms with Crippen LogP contribution in [0.2, 0.25) is 0 Å². The van der Waals surface area contributed by atoms with Crippen molar-refractivity contribution in [2.75, 3.05) is 31.6 Å². The number of carbonyl (C=O) groups is 2. The molecule has 0 saturated carbocycles. The molecule has 0 bridgehead atoms. The van der Waals surface area contributed by atoms with E-state index in [9.17, 15) is 18.4 Å². The molecule has 31 heavy (non-hydrogen) atoms. The van der Waals surface area contributed by atoms with Crippen molar-refractivity contribution in [3.8, 4) is 5.69 Å². The van der Waals surface area contributed by atoms with Crippen LogP contribution in [0.5, 0.6) is 0 Å². The quantitative estimate of drug-likeness (QED) is 0.641. The van der Waals surface area contributed by atoms with Crippen LogP contribution in [-0.2, 0) is 4.74 Å². The number of hydrogen-bond acceptors (Lipinski definition) is 6. The molecule has 1 saturated heterocycles. The lowest BCUT2D eigenvalue weighted by Crippen LogP contribution is -2.41. The molecule has 2 amide bonds. The number of carbonyl (C=O) groups excluding carboxylic acids is 2. The summed E-state index contributed by atoms with van der Waals surface area (Å²) < 4.78 is 34.3. The molecule has 2 aromatic heterocycles. The summed E-state index contributed by atoms with van der Waals surface area (Å²) in [7, 11) is 0. The molecule has 0 spiro atoms. The van der Waals surface area contributed by atoms with Gasteiger partial charge in [0, 0.05) is 13.1 Å². The number of nitrogens with two attached hydrogens (primary N) is 1. The zero-order chi connectivity index (χ0) is 22.0. The number of nitrogens with one attached hydrogen (secondary N) is 1. The van der Waals surface area contributed by atoms with E-state index in [0.717, 1.165) is 16.8 Å². The summed E-state index contributed by atoms with van der Waals surface area (Å²) in [5.74, 6) is -2.80. The van der Waals surface area contributed by atoms with Gasteiger partial charge in [-0.3, -0.25) is 9.59 Å². The average molecular weight is 428 g/mol. The molecule has 3 aromatic rings. The Hall–Kier alpha value is -3.86. The van der Waals surface area contributed by atoms with Gasteiger partial charge in [-0.1, -0.05) is 6.07 Å². The first-order valence-electron chi connectivity index (χ1n) is 9.38. The minimum Gasteiger partial charge on any atom is -0.378 e. The van der Waals surface area contributed by atoms with Crippen LogP contribution in [0.25, 0.3) is 5.69 Å². The zero-order valence-corrected chi connectivity index (χ0v) is 16.2. The first-order valence-corrected chi connectivity index (χ1v) is 9.38. The molecule has 9 nitrogen and oxygen atoms in total. The number of amides is 2. The Balaban J connectivity index is 1.58. The maximum absolute atomic E-state index is 14.1. The Labute approximate surface area is 175 Å². The first-order chi connectivity index (χ1) is 14.9. The van der Waals surface area contributed by atoms with Crippen molar-refractivity contribution < 1.29 is 23.1 Å². The van der Waals surface area contributed by atoms with E-state index in [1.54, 1.807) is 11.0 Å². The van der Waals surface area contributed by atoms with Gasteiger partial charge in [-0.05, 0) is 24.3 Å². The van der Waals surface area contributed by atoms with Crippen LogP contribution in [0.3, 0.4) is 0 Å². The summed E-state index contributed by atoms with van der Waals surface area (Å²) >= 11 is 0. The molecule has 3 N–H and O–H groups in total. The molecule has 1 aliphatic heterocycles. The molecule has 0 aliphatic carbocycles. The van der Waals surface area contributed by atoms with Gasteiger partial charge in [0.05, 0.1) is 37.0 Å². The number of morpholine rings is 1. The van der Waals surface area contributed by atoms with Crippen LogP contribution in [0, 0.1) is 11.6 Å². The Morgan fingerprint density at radius 3 is 2.42 bits per heavy atom. The summed E-state index contributed by atoms with van der Waals surface area (Å²) in [6.45, 7) is 1.95. The van der Waals surface area contributed by atoms with Gasteiger partial charge in [-0.2, -0.15) is 5.10 Å². The number of hydrogen-bond donors (Lipinski definition) is 2. The number of nitrogens with zero attached hydrogens (tertiary/aromatic N) is 4. The summed E-state index contributed by atoms with van der Waals surface area (Å²) in [4.78, 5) is 30.1. The van der Waals surface area contributed by atoms with Gasteiger partial charge < -0.3 is 20.7 Å². The lowest BCUT2D eigenvalue weighted by Gasteiger charge is -2.26. The van der Waals surface area contributed by atoms with Crippen LogP contribution in [0.1, 0.15) is 21.0 Å².